The van der Waals surface area contributed by atoms with E-state index in [2.05, 4.69) is 14.9 Å². The van der Waals surface area contributed by atoms with Crippen LogP contribution in [0.5, 0.6) is 0 Å². The van der Waals surface area contributed by atoms with Gasteiger partial charge >= 0.3 is 0 Å². The molecule has 3 rings (SSSR count). The molecular weight excluding hydrogens is 378 g/mol. The van der Waals surface area contributed by atoms with Crippen LogP contribution in [0.2, 0.25) is 0 Å². The predicted octanol–water partition coefficient (Wildman–Crippen LogP) is 2.53. The lowest BCUT2D eigenvalue weighted by Gasteiger charge is -2.26. The summed E-state index contributed by atoms with van der Waals surface area (Å²) < 4.78 is 32.5. The Morgan fingerprint density at radius 1 is 1.14 bits per heavy atom. The van der Waals surface area contributed by atoms with Gasteiger partial charge in [0, 0.05) is 18.2 Å². The monoisotopic (exact) mass is 405 g/mol. The topological polar surface area (TPSA) is 91.6 Å². The average Bonchev–Trinajstić information content (AvgIpc) is 3.35. The van der Waals surface area contributed by atoms with Crippen molar-refractivity contribution in [3.05, 3.63) is 54.0 Å². The second-order valence-electron chi connectivity index (χ2n) is 7.28. The molecule has 8 heteroatoms. The lowest BCUT2D eigenvalue weighted by Crippen LogP contribution is -2.36. The van der Waals surface area contributed by atoms with Gasteiger partial charge in [0.2, 0.25) is 10.0 Å². The number of nitrogens with zero attached hydrogens (tertiary/aromatic N) is 1. The highest BCUT2D eigenvalue weighted by molar-refractivity contribution is 7.89. The molecule has 1 aromatic heterocycles. The SMILES string of the molecule is CC(C)NS(=O)(=O)c1ccc(C(=O)NCC(c2ccco2)N2CCCC2)cc1. The standard InChI is InChI=1S/C20H27N3O4S/c1-15(2)22-28(25,26)17-9-7-16(8-10-17)20(24)21-14-18(19-6-5-13-27-19)23-11-3-4-12-23/h5-10,13,15,18,22H,3-4,11-12,14H2,1-2H3,(H,21,24). The molecule has 0 bridgehead atoms. The van der Waals surface area contributed by atoms with E-state index < -0.39 is 10.0 Å². The molecule has 0 saturated carbocycles. The van der Waals surface area contributed by atoms with E-state index in [0.717, 1.165) is 31.7 Å². The van der Waals surface area contributed by atoms with Gasteiger partial charge in [-0.3, -0.25) is 9.69 Å². The molecule has 1 saturated heterocycles. The number of carbonyl (C=O) groups is 1. The van der Waals surface area contributed by atoms with Crippen LogP contribution in [0.1, 0.15) is 48.8 Å². The van der Waals surface area contributed by atoms with Crippen LogP contribution in [-0.4, -0.2) is 44.9 Å². The molecule has 1 unspecified atom stereocenters. The molecule has 7 nitrogen and oxygen atoms in total. The van der Waals surface area contributed by atoms with E-state index in [1.165, 1.54) is 24.3 Å². The Labute approximate surface area is 166 Å². The summed E-state index contributed by atoms with van der Waals surface area (Å²) in [6, 6.07) is 9.53. The van der Waals surface area contributed by atoms with Gasteiger partial charge in [-0.15, -0.1) is 0 Å². The maximum atomic E-state index is 12.5. The maximum absolute atomic E-state index is 12.5. The van der Waals surface area contributed by atoms with Crippen molar-refractivity contribution in [3.8, 4) is 0 Å². The summed E-state index contributed by atoms with van der Waals surface area (Å²) >= 11 is 0. The lowest BCUT2D eigenvalue weighted by atomic mass is 10.1. The molecule has 28 heavy (non-hydrogen) atoms. The van der Waals surface area contributed by atoms with E-state index in [1.807, 2.05) is 12.1 Å². The molecule has 1 aliphatic rings. The van der Waals surface area contributed by atoms with Crippen molar-refractivity contribution in [2.24, 2.45) is 0 Å². The largest absolute Gasteiger partial charge is 0.468 e. The van der Waals surface area contributed by atoms with Crippen LogP contribution in [0.3, 0.4) is 0 Å². The number of nitrogens with one attached hydrogen (secondary N) is 2. The van der Waals surface area contributed by atoms with Gasteiger partial charge in [0.25, 0.3) is 5.91 Å². The fourth-order valence-corrected chi connectivity index (χ4v) is 4.65. The zero-order valence-corrected chi connectivity index (χ0v) is 17.0. The quantitative estimate of drug-likeness (QED) is 0.704. The molecule has 1 fully saturated rings. The number of hydrogen-bond donors (Lipinski definition) is 2. The molecule has 2 aromatic rings. The smallest absolute Gasteiger partial charge is 0.251 e. The predicted molar refractivity (Wildman–Crippen MR) is 106 cm³/mol. The maximum Gasteiger partial charge on any atom is 0.251 e. The summed E-state index contributed by atoms with van der Waals surface area (Å²) in [5.41, 5.74) is 0.420. The number of carbonyl (C=O) groups excluding carboxylic acids is 1. The molecule has 2 N–H and O–H groups in total. The van der Waals surface area contributed by atoms with E-state index in [9.17, 15) is 13.2 Å². The summed E-state index contributed by atoms with van der Waals surface area (Å²) in [5.74, 6) is 0.597. The Morgan fingerprint density at radius 3 is 2.39 bits per heavy atom. The molecule has 152 valence electrons. The third-order valence-electron chi connectivity index (χ3n) is 4.73. The lowest BCUT2D eigenvalue weighted by molar-refractivity contribution is 0.0933. The second kappa shape index (κ2) is 8.89. The molecule has 2 heterocycles. The summed E-state index contributed by atoms with van der Waals surface area (Å²) in [6.07, 6.45) is 3.93. The van der Waals surface area contributed by atoms with Crippen molar-refractivity contribution >= 4 is 15.9 Å². The summed E-state index contributed by atoms with van der Waals surface area (Å²) in [7, 11) is -3.57. The van der Waals surface area contributed by atoms with Crippen LogP contribution in [-0.2, 0) is 10.0 Å². The van der Waals surface area contributed by atoms with Crippen LogP contribution >= 0.6 is 0 Å². The van der Waals surface area contributed by atoms with Crippen molar-refractivity contribution in [2.45, 2.75) is 43.7 Å². The number of rotatable bonds is 8. The Hall–Kier alpha value is -2.16. The Bertz CT molecular complexity index is 871. The van der Waals surface area contributed by atoms with Gasteiger partial charge < -0.3 is 9.73 Å². The van der Waals surface area contributed by atoms with Crippen LogP contribution < -0.4 is 10.0 Å². The van der Waals surface area contributed by atoms with Crippen molar-refractivity contribution in [1.29, 1.82) is 0 Å². The Kier molecular flexibility index (Phi) is 6.53. The van der Waals surface area contributed by atoms with Gasteiger partial charge in [0.1, 0.15) is 5.76 Å². The first kappa shape index (κ1) is 20.6. The van der Waals surface area contributed by atoms with E-state index in [1.54, 1.807) is 20.1 Å². The number of sulfonamides is 1. The van der Waals surface area contributed by atoms with E-state index >= 15 is 0 Å². The molecular formula is C20H27N3O4S. The zero-order valence-electron chi connectivity index (χ0n) is 16.2. The molecule has 0 aliphatic carbocycles. The highest BCUT2D eigenvalue weighted by atomic mass is 32.2. The first-order chi connectivity index (χ1) is 13.4. The minimum atomic E-state index is -3.57. The summed E-state index contributed by atoms with van der Waals surface area (Å²) in [6.45, 7) is 5.92. The second-order valence-corrected chi connectivity index (χ2v) is 9.00. The number of furan rings is 1. The normalized spacial score (nSPS) is 16.4. The van der Waals surface area contributed by atoms with Gasteiger partial charge in [0.05, 0.1) is 17.2 Å². The summed E-state index contributed by atoms with van der Waals surface area (Å²) in [4.78, 5) is 15.0. The van der Waals surface area contributed by atoms with Crippen LogP contribution in [0.25, 0.3) is 0 Å². The molecule has 1 atom stereocenters. The molecule has 1 aromatic carbocycles. The minimum absolute atomic E-state index is 0.00339. The number of amides is 1. The Morgan fingerprint density at radius 2 is 1.82 bits per heavy atom. The van der Waals surface area contributed by atoms with Crippen LogP contribution in [0, 0.1) is 0 Å². The minimum Gasteiger partial charge on any atom is -0.468 e. The third kappa shape index (κ3) is 5.01. The fourth-order valence-electron chi connectivity index (χ4n) is 3.40. The third-order valence-corrected chi connectivity index (χ3v) is 6.40. The van der Waals surface area contributed by atoms with Gasteiger partial charge in [-0.25, -0.2) is 13.1 Å². The van der Waals surface area contributed by atoms with Crippen molar-refractivity contribution in [2.75, 3.05) is 19.6 Å². The molecule has 0 spiro atoms. The first-order valence-electron chi connectivity index (χ1n) is 9.55. The first-order valence-corrected chi connectivity index (χ1v) is 11.0. The average molecular weight is 406 g/mol. The molecule has 0 radical (unpaired) electrons. The van der Waals surface area contributed by atoms with Crippen LogP contribution in [0.15, 0.2) is 52.0 Å². The van der Waals surface area contributed by atoms with Crippen molar-refractivity contribution in [1.82, 2.24) is 14.9 Å². The fraction of sp³-hybridized carbons (Fsp3) is 0.450. The van der Waals surface area contributed by atoms with Crippen molar-refractivity contribution < 1.29 is 17.6 Å². The number of hydrogen-bond acceptors (Lipinski definition) is 5. The highest BCUT2D eigenvalue weighted by Crippen LogP contribution is 2.25. The number of likely N-dealkylation sites (tertiary alicyclic amines) is 1. The summed E-state index contributed by atoms with van der Waals surface area (Å²) in [5, 5.41) is 2.95. The highest BCUT2D eigenvalue weighted by Gasteiger charge is 2.26. The van der Waals surface area contributed by atoms with E-state index in [-0.39, 0.29) is 22.9 Å². The molecule has 1 amide bonds. The van der Waals surface area contributed by atoms with Crippen LogP contribution in [0.4, 0.5) is 0 Å². The van der Waals surface area contributed by atoms with Gasteiger partial charge in [-0.05, 0) is 76.2 Å². The van der Waals surface area contributed by atoms with E-state index in [4.69, 9.17) is 4.42 Å². The molecule has 1 aliphatic heterocycles. The Balaban J connectivity index is 1.65. The van der Waals surface area contributed by atoms with Gasteiger partial charge in [0.15, 0.2) is 0 Å². The van der Waals surface area contributed by atoms with E-state index in [0.29, 0.717) is 12.1 Å². The van der Waals surface area contributed by atoms with Crippen molar-refractivity contribution in [3.63, 3.8) is 0 Å². The zero-order chi connectivity index (χ0) is 20.1. The van der Waals surface area contributed by atoms with Gasteiger partial charge in [-0.2, -0.15) is 0 Å². The number of benzene rings is 1. The van der Waals surface area contributed by atoms with Gasteiger partial charge in [-0.1, -0.05) is 0 Å².